The van der Waals surface area contributed by atoms with Crippen LogP contribution < -0.4 is 10.1 Å². The van der Waals surface area contributed by atoms with Gasteiger partial charge in [-0.15, -0.1) is 0 Å². The molecule has 1 heterocycles. The van der Waals surface area contributed by atoms with Crippen molar-refractivity contribution < 1.29 is 24.2 Å². The van der Waals surface area contributed by atoms with Gasteiger partial charge in [0.2, 0.25) is 0 Å². The number of carbonyl (C=O) groups excluding carboxylic acids is 2. The van der Waals surface area contributed by atoms with Gasteiger partial charge in [-0.2, -0.15) is 0 Å². The monoisotopic (exact) mass is 372 g/mol. The molecule has 27 heavy (non-hydrogen) atoms. The molecule has 0 fully saturated rings. The van der Waals surface area contributed by atoms with Crippen LogP contribution >= 0.6 is 0 Å². The van der Waals surface area contributed by atoms with Gasteiger partial charge in [0, 0.05) is 18.7 Å². The third-order valence-corrected chi connectivity index (χ3v) is 4.18. The Balaban J connectivity index is 1.90. The summed E-state index contributed by atoms with van der Waals surface area (Å²) < 4.78 is 10.3. The van der Waals surface area contributed by atoms with E-state index < -0.39 is 11.9 Å². The van der Waals surface area contributed by atoms with Crippen molar-refractivity contribution in [2.75, 3.05) is 13.7 Å². The Kier molecular flexibility index (Phi) is 6.76. The molecule has 1 atom stereocenters. The van der Waals surface area contributed by atoms with Crippen LogP contribution in [0.3, 0.4) is 0 Å². The van der Waals surface area contributed by atoms with Crippen molar-refractivity contribution in [1.29, 1.82) is 0 Å². The number of rotatable bonds is 7. The summed E-state index contributed by atoms with van der Waals surface area (Å²) in [5.41, 5.74) is 3.22. The lowest BCUT2D eigenvalue weighted by Gasteiger charge is -2.16. The van der Waals surface area contributed by atoms with Crippen LogP contribution in [0.25, 0.3) is 0 Å². The quantitative estimate of drug-likeness (QED) is 0.724. The first kappa shape index (κ1) is 20.2. The van der Waals surface area contributed by atoms with Crippen molar-refractivity contribution in [1.82, 2.24) is 10.3 Å². The Labute approximate surface area is 158 Å². The molecule has 0 aliphatic rings. The number of hydrogen-bond donors (Lipinski definition) is 2. The second kappa shape index (κ2) is 9.02. The third kappa shape index (κ3) is 5.20. The summed E-state index contributed by atoms with van der Waals surface area (Å²) in [4.78, 5) is 27.9. The van der Waals surface area contributed by atoms with Gasteiger partial charge in [0.1, 0.15) is 12.6 Å². The van der Waals surface area contributed by atoms with Crippen LogP contribution in [0, 0.1) is 13.8 Å². The van der Waals surface area contributed by atoms with Crippen molar-refractivity contribution in [3.8, 4) is 11.5 Å². The van der Waals surface area contributed by atoms with Crippen molar-refractivity contribution >= 4 is 11.9 Å². The van der Waals surface area contributed by atoms with E-state index in [0.717, 1.165) is 16.7 Å². The van der Waals surface area contributed by atoms with E-state index in [1.54, 1.807) is 6.92 Å². The van der Waals surface area contributed by atoms with Gasteiger partial charge in [-0.25, -0.2) is 4.98 Å². The van der Waals surface area contributed by atoms with E-state index in [-0.39, 0.29) is 29.8 Å². The molecule has 2 aromatic rings. The van der Waals surface area contributed by atoms with Gasteiger partial charge in [-0.3, -0.25) is 9.59 Å². The lowest BCUT2D eigenvalue weighted by Crippen LogP contribution is -2.33. The summed E-state index contributed by atoms with van der Waals surface area (Å²) in [7, 11) is 1.37. The summed E-state index contributed by atoms with van der Waals surface area (Å²) in [6.45, 7) is 5.52. The minimum absolute atomic E-state index is 0.125. The summed E-state index contributed by atoms with van der Waals surface area (Å²) >= 11 is 0. The molecular weight excluding hydrogens is 348 g/mol. The largest absolute Gasteiger partial charge is 0.503 e. The Bertz CT molecular complexity index is 815. The Morgan fingerprint density at radius 2 is 1.89 bits per heavy atom. The first-order valence-electron chi connectivity index (χ1n) is 8.58. The highest BCUT2D eigenvalue weighted by Gasteiger charge is 2.19. The van der Waals surface area contributed by atoms with Gasteiger partial charge in [0.25, 0.3) is 5.91 Å². The third-order valence-electron chi connectivity index (χ3n) is 4.18. The first-order chi connectivity index (χ1) is 12.8. The molecule has 0 bridgehead atoms. The van der Waals surface area contributed by atoms with E-state index in [4.69, 9.17) is 9.47 Å². The van der Waals surface area contributed by atoms with Crippen molar-refractivity contribution in [2.45, 2.75) is 33.3 Å². The molecule has 144 valence electrons. The number of aromatic hydroxyl groups is 1. The van der Waals surface area contributed by atoms with Gasteiger partial charge in [-0.1, -0.05) is 18.2 Å². The van der Waals surface area contributed by atoms with E-state index in [9.17, 15) is 14.7 Å². The summed E-state index contributed by atoms with van der Waals surface area (Å²) in [5.74, 6) is -1.51. The molecular formula is C20H24N2O5. The zero-order chi connectivity index (χ0) is 20.0. The fraction of sp³-hybridized carbons (Fsp3) is 0.350. The number of aromatic nitrogens is 1. The van der Waals surface area contributed by atoms with Crippen LogP contribution in [0.4, 0.5) is 0 Å². The molecule has 7 heteroatoms. The van der Waals surface area contributed by atoms with E-state index in [1.807, 2.05) is 32.0 Å². The van der Waals surface area contributed by atoms with Gasteiger partial charge in [-0.05, 0) is 37.5 Å². The maximum atomic E-state index is 12.1. The average Bonchev–Trinajstić information content (AvgIpc) is 2.63. The zero-order valence-electron chi connectivity index (χ0n) is 15.9. The van der Waals surface area contributed by atoms with Gasteiger partial charge >= 0.3 is 5.97 Å². The van der Waals surface area contributed by atoms with Crippen LogP contribution in [0.15, 0.2) is 30.5 Å². The highest BCUT2D eigenvalue weighted by Crippen LogP contribution is 2.27. The number of ether oxygens (including phenoxy) is 2. The summed E-state index contributed by atoms with van der Waals surface area (Å²) in [6, 6.07) is 7.45. The normalized spacial score (nSPS) is 11.6. The number of carbonyl (C=O) groups is 2. The number of benzene rings is 1. The number of nitrogens with one attached hydrogen (secondary N) is 1. The highest BCUT2D eigenvalue weighted by molar-refractivity contribution is 5.97. The molecule has 0 aliphatic heterocycles. The Morgan fingerprint density at radius 3 is 2.52 bits per heavy atom. The molecule has 2 rings (SSSR count). The lowest BCUT2D eigenvalue weighted by molar-refractivity contribution is -0.146. The maximum absolute atomic E-state index is 12.1. The van der Waals surface area contributed by atoms with Crippen LogP contribution in [0.2, 0.25) is 0 Å². The number of nitrogens with zero attached hydrogens (tertiary/aromatic N) is 1. The van der Waals surface area contributed by atoms with Crippen LogP contribution in [-0.2, 0) is 16.0 Å². The molecule has 7 nitrogen and oxygen atoms in total. The summed E-state index contributed by atoms with van der Waals surface area (Å²) in [5, 5.41) is 12.3. The fourth-order valence-electron chi connectivity index (χ4n) is 2.77. The molecule has 0 saturated heterocycles. The Hall–Kier alpha value is -3.09. The predicted molar refractivity (Wildman–Crippen MR) is 100.0 cm³/mol. The van der Waals surface area contributed by atoms with E-state index in [0.29, 0.717) is 6.42 Å². The zero-order valence-corrected chi connectivity index (χ0v) is 15.9. The number of pyridine rings is 1. The molecule has 2 N–H and O–H groups in total. The lowest BCUT2D eigenvalue weighted by atomic mass is 9.98. The minimum atomic E-state index is -0.689. The molecule has 1 aromatic heterocycles. The van der Waals surface area contributed by atoms with E-state index >= 15 is 0 Å². The van der Waals surface area contributed by atoms with E-state index in [2.05, 4.69) is 10.3 Å². The fourth-order valence-corrected chi connectivity index (χ4v) is 2.77. The molecule has 1 unspecified atom stereocenters. The molecule has 0 aliphatic carbocycles. The van der Waals surface area contributed by atoms with Gasteiger partial charge < -0.3 is 19.9 Å². The van der Waals surface area contributed by atoms with Gasteiger partial charge in [0.15, 0.2) is 17.2 Å². The molecule has 0 spiro atoms. The number of methoxy groups -OCH3 is 1. The highest BCUT2D eigenvalue weighted by atomic mass is 16.5. The van der Waals surface area contributed by atoms with Crippen LogP contribution in [-0.4, -0.2) is 41.7 Å². The average molecular weight is 372 g/mol. The van der Waals surface area contributed by atoms with Crippen molar-refractivity contribution in [2.24, 2.45) is 0 Å². The number of esters is 1. The number of hydrogen-bond acceptors (Lipinski definition) is 6. The standard InChI is InChI=1S/C20H24N2O5/c1-12-6-5-7-13(2)15(12)10-14(3)27-17(23)11-22-20(25)18-19(24)16(26-4)8-9-21-18/h5-9,14,24H,10-11H2,1-4H3,(H,22,25). The first-order valence-corrected chi connectivity index (χ1v) is 8.58. The molecule has 1 amide bonds. The Morgan fingerprint density at radius 1 is 1.22 bits per heavy atom. The summed E-state index contributed by atoms with van der Waals surface area (Å²) in [6.07, 6.45) is 1.59. The smallest absolute Gasteiger partial charge is 0.325 e. The van der Waals surface area contributed by atoms with Crippen LogP contribution in [0.1, 0.15) is 34.1 Å². The number of amides is 1. The molecule has 0 radical (unpaired) electrons. The van der Waals surface area contributed by atoms with Crippen molar-refractivity contribution in [3.63, 3.8) is 0 Å². The molecule has 0 saturated carbocycles. The second-order valence-electron chi connectivity index (χ2n) is 6.27. The minimum Gasteiger partial charge on any atom is -0.503 e. The van der Waals surface area contributed by atoms with Crippen LogP contribution in [0.5, 0.6) is 11.5 Å². The van der Waals surface area contributed by atoms with E-state index in [1.165, 1.54) is 19.4 Å². The predicted octanol–water partition coefficient (Wildman–Crippen LogP) is 2.32. The van der Waals surface area contributed by atoms with Gasteiger partial charge in [0.05, 0.1) is 7.11 Å². The number of aryl methyl sites for hydroxylation is 2. The second-order valence-corrected chi connectivity index (χ2v) is 6.27. The topological polar surface area (TPSA) is 97.8 Å². The maximum Gasteiger partial charge on any atom is 0.325 e. The van der Waals surface area contributed by atoms with Crippen molar-refractivity contribution in [3.05, 3.63) is 52.8 Å². The SMILES string of the molecule is COc1ccnc(C(=O)NCC(=O)OC(C)Cc2c(C)cccc2C)c1O. The molecule has 1 aromatic carbocycles.